The Bertz CT molecular complexity index is 1020. The molecule has 3 heterocycles. The first-order valence-electron chi connectivity index (χ1n) is 8.77. The predicted octanol–water partition coefficient (Wildman–Crippen LogP) is 3.37. The van der Waals surface area contributed by atoms with E-state index in [2.05, 4.69) is 28.1 Å². The summed E-state index contributed by atoms with van der Waals surface area (Å²) in [5, 5.41) is 1.10. The van der Waals surface area contributed by atoms with Crippen molar-refractivity contribution in [3.8, 4) is 0 Å². The summed E-state index contributed by atoms with van der Waals surface area (Å²) in [5.41, 5.74) is 2.04. The number of fused-ring (bicyclic) bond motifs is 1. The number of hydrogen-bond donors (Lipinski definition) is 0. The monoisotopic (exact) mass is 387 g/mol. The number of aromatic nitrogens is 1. The van der Waals surface area contributed by atoms with Crippen molar-refractivity contribution in [1.29, 1.82) is 0 Å². The van der Waals surface area contributed by atoms with Crippen molar-refractivity contribution in [3.05, 3.63) is 53.5 Å². The fraction of sp³-hybridized carbons (Fsp3) is 0.316. The number of aryl methyl sites for hydroxylation is 1. The molecule has 0 saturated carbocycles. The Morgan fingerprint density at radius 1 is 1.04 bits per heavy atom. The van der Waals surface area contributed by atoms with Crippen molar-refractivity contribution < 1.29 is 8.42 Å². The van der Waals surface area contributed by atoms with Gasteiger partial charge < -0.3 is 4.90 Å². The lowest BCUT2D eigenvalue weighted by molar-refractivity contribution is 0.386. The zero-order valence-electron chi connectivity index (χ0n) is 14.6. The summed E-state index contributed by atoms with van der Waals surface area (Å²) in [4.78, 5) is 7.84. The number of rotatable bonds is 4. The second kappa shape index (κ2) is 6.98. The van der Waals surface area contributed by atoms with Gasteiger partial charge in [0.2, 0.25) is 0 Å². The Kier molecular flexibility index (Phi) is 4.69. The highest BCUT2D eigenvalue weighted by Crippen LogP contribution is 2.29. The normalized spacial score (nSPS) is 16.3. The lowest BCUT2D eigenvalue weighted by Crippen LogP contribution is -2.48. The third-order valence-electron chi connectivity index (χ3n) is 4.77. The zero-order valence-corrected chi connectivity index (χ0v) is 16.3. The molecule has 136 valence electrons. The molecule has 0 aliphatic carbocycles. The van der Waals surface area contributed by atoms with Gasteiger partial charge in [0, 0.05) is 42.6 Å². The van der Waals surface area contributed by atoms with Crippen LogP contribution in [0.4, 0.5) is 5.69 Å². The summed E-state index contributed by atoms with van der Waals surface area (Å²) in [5.74, 6) is 0. The molecule has 0 bridgehead atoms. The molecule has 3 aromatic rings. The Hall–Kier alpha value is -1.96. The molecule has 0 spiro atoms. The van der Waals surface area contributed by atoms with Crippen LogP contribution in [0, 0.1) is 0 Å². The van der Waals surface area contributed by atoms with Crippen molar-refractivity contribution >= 4 is 38.0 Å². The minimum atomic E-state index is -3.39. The number of pyridine rings is 1. The van der Waals surface area contributed by atoms with Crippen LogP contribution < -0.4 is 4.90 Å². The van der Waals surface area contributed by atoms with Crippen LogP contribution in [0.15, 0.2) is 52.9 Å². The van der Waals surface area contributed by atoms with Gasteiger partial charge in [-0.15, -0.1) is 11.3 Å². The maximum atomic E-state index is 12.9. The number of thiophene rings is 1. The van der Waals surface area contributed by atoms with E-state index in [9.17, 15) is 8.42 Å². The smallest absolute Gasteiger partial charge is 0.252 e. The fourth-order valence-electron chi connectivity index (χ4n) is 3.33. The largest absolute Gasteiger partial charge is 0.367 e. The van der Waals surface area contributed by atoms with Crippen molar-refractivity contribution in [3.63, 3.8) is 0 Å². The number of sulfonamides is 1. The fourth-order valence-corrected chi connectivity index (χ4v) is 6.20. The molecule has 1 saturated heterocycles. The molecule has 5 nitrogen and oxygen atoms in total. The zero-order chi connectivity index (χ0) is 18.1. The number of nitrogens with zero attached hydrogens (tertiary/aromatic N) is 3. The van der Waals surface area contributed by atoms with E-state index < -0.39 is 10.0 Å². The summed E-state index contributed by atoms with van der Waals surface area (Å²) < 4.78 is 27.8. The highest BCUT2D eigenvalue weighted by Gasteiger charge is 2.30. The third kappa shape index (κ3) is 3.11. The van der Waals surface area contributed by atoms with Crippen LogP contribution >= 0.6 is 11.3 Å². The van der Waals surface area contributed by atoms with E-state index >= 15 is 0 Å². The predicted molar refractivity (Wildman–Crippen MR) is 106 cm³/mol. The Morgan fingerprint density at radius 2 is 1.81 bits per heavy atom. The van der Waals surface area contributed by atoms with Crippen molar-refractivity contribution in [1.82, 2.24) is 9.29 Å². The second-order valence-electron chi connectivity index (χ2n) is 6.32. The first-order valence-corrected chi connectivity index (χ1v) is 11.0. The highest BCUT2D eigenvalue weighted by atomic mass is 32.2. The molecule has 1 fully saturated rings. The van der Waals surface area contributed by atoms with Crippen molar-refractivity contribution in [2.24, 2.45) is 0 Å². The molecule has 2 aromatic heterocycles. The average molecular weight is 388 g/mol. The Morgan fingerprint density at radius 3 is 2.54 bits per heavy atom. The standard InChI is InChI=1S/C19H21N3O2S2/c1-2-16-8-9-18(25-16)26(23,24)22-13-11-21(12-14-22)17-7-3-5-15-6-4-10-20-19(15)17/h3-10H,2,11-14H2,1H3. The molecule has 1 aromatic carbocycles. The summed E-state index contributed by atoms with van der Waals surface area (Å²) in [6.45, 7) is 4.36. The maximum Gasteiger partial charge on any atom is 0.252 e. The summed E-state index contributed by atoms with van der Waals surface area (Å²) in [7, 11) is -3.39. The first-order chi connectivity index (χ1) is 12.6. The van der Waals surface area contributed by atoms with Crippen molar-refractivity contribution in [2.45, 2.75) is 17.6 Å². The molecule has 1 aliphatic heterocycles. The number of anilines is 1. The quantitative estimate of drug-likeness (QED) is 0.689. The van der Waals surface area contributed by atoms with Crippen LogP contribution in [0.25, 0.3) is 10.9 Å². The minimum Gasteiger partial charge on any atom is -0.367 e. The number of hydrogen-bond acceptors (Lipinski definition) is 5. The Labute approximate surface area is 157 Å². The van der Waals surface area contributed by atoms with E-state index in [1.165, 1.54) is 11.3 Å². The van der Waals surface area contributed by atoms with Gasteiger partial charge in [-0.25, -0.2) is 8.42 Å². The lowest BCUT2D eigenvalue weighted by atomic mass is 10.1. The molecule has 0 radical (unpaired) electrons. The molecule has 4 rings (SSSR count). The van der Waals surface area contributed by atoms with Gasteiger partial charge in [0.05, 0.1) is 11.2 Å². The van der Waals surface area contributed by atoms with Gasteiger partial charge >= 0.3 is 0 Å². The first kappa shape index (κ1) is 17.5. The topological polar surface area (TPSA) is 53.5 Å². The lowest BCUT2D eigenvalue weighted by Gasteiger charge is -2.35. The maximum absolute atomic E-state index is 12.9. The van der Waals surface area contributed by atoms with Crippen LogP contribution in [-0.4, -0.2) is 43.9 Å². The van der Waals surface area contributed by atoms with Crippen LogP contribution in [0.5, 0.6) is 0 Å². The van der Waals surface area contributed by atoms with Gasteiger partial charge in [-0.3, -0.25) is 4.98 Å². The molecular weight excluding hydrogens is 366 g/mol. The summed E-state index contributed by atoms with van der Waals surface area (Å²) in [6, 6.07) is 13.8. The number of benzene rings is 1. The molecule has 0 N–H and O–H groups in total. The molecule has 0 amide bonds. The van der Waals surface area contributed by atoms with Gasteiger partial charge in [-0.05, 0) is 30.7 Å². The third-order valence-corrected chi connectivity index (χ3v) is 8.37. The molecule has 0 atom stereocenters. The van der Waals surface area contributed by atoms with E-state index in [4.69, 9.17) is 0 Å². The molecule has 1 aliphatic rings. The summed E-state index contributed by atoms with van der Waals surface area (Å²) in [6.07, 6.45) is 2.66. The number of piperazine rings is 1. The molecule has 7 heteroatoms. The SMILES string of the molecule is CCc1ccc(S(=O)(=O)N2CCN(c3cccc4cccnc34)CC2)s1. The summed E-state index contributed by atoms with van der Waals surface area (Å²) >= 11 is 1.38. The van der Waals surface area contributed by atoms with E-state index in [1.807, 2.05) is 25.1 Å². The molecular formula is C19H21N3O2S2. The van der Waals surface area contributed by atoms with E-state index in [0.717, 1.165) is 27.9 Å². The molecule has 0 unspecified atom stereocenters. The van der Waals surface area contributed by atoms with Crippen LogP contribution in [0.2, 0.25) is 0 Å². The van der Waals surface area contributed by atoms with Crippen LogP contribution in [-0.2, 0) is 16.4 Å². The van der Waals surface area contributed by atoms with E-state index in [-0.39, 0.29) is 0 Å². The van der Waals surface area contributed by atoms with Crippen LogP contribution in [0.3, 0.4) is 0 Å². The van der Waals surface area contributed by atoms with Crippen molar-refractivity contribution in [2.75, 3.05) is 31.1 Å². The number of para-hydroxylation sites is 1. The van der Waals surface area contributed by atoms with Gasteiger partial charge in [0.25, 0.3) is 10.0 Å². The van der Waals surface area contributed by atoms with E-state index in [1.54, 1.807) is 16.6 Å². The highest BCUT2D eigenvalue weighted by molar-refractivity contribution is 7.91. The minimum absolute atomic E-state index is 0.453. The average Bonchev–Trinajstić information content (AvgIpc) is 3.18. The van der Waals surface area contributed by atoms with E-state index in [0.29, 0.717) is 30.4 Å². The molecule has 26 heavy (non-hydrogen) atoms. The van der Waals surface area contributed by atoms with Gasteiger partial charge in [-0.1, -0.05) is 25.1 Å². The van der Waals surface area contributed by atoms with Gasteiger partial charge in [0.15, 0.2) is 0 Å². The van der Waals surface area contributed by atoms with Crippen LogP contribution in [0.1, 0.15) is 11.8 Å². The van der Waals surface area contributed by atoms with Gasteiger partial charge in [0.1, 0.15) is 4.21 Å². The van der Waals surface area contributed by atoms with Gasteiger partial charge in [-0.2, -0.15) is 4.31 Å². The Balaban J connectivity index is 1.53. The second-order valence-corrected chi connectivity index (χ2v) is 9.65.